The molecular weight excluding hydrogens is 336 g/mol. The third kappa shape index (κ3) is 5.23. The van der Waals surface area contributed by atoms with Crippen LogP contribution in [0.25, 0.3) is 0 Å². The Bertz CT molecular complexity index is 298. The van der Waals surface area contributed by atoms with Crippen molar-refractivity contribution in [2.45, 2.75) is 44.6 Å². The van der Waals surface area contributed by atoms with Crippen LogP contribution in [-0.2, 0) is 4.79 Å². The van der Waals surface area contributed by atoms with Crippen molar-refractivity contribution in [1.29, 1.82) is 0 Å². The molecule has 2 heterocycles. The molecule has 2 rings (SSSR count). The van der Waals surface area contributed by atoms with Crippen molar-refractivity contribution >= 4 is 33.6 Å². The van der Waals surface area contributed by atoms with Crippen molar-refractivity contribution in [3.05, 3.63) is 0 Å². The van der Waals surface area contributed by atoms with Crippen LogP contribution in [0, 0.1) is 0 Å². The van der Waals surface area contributed by atoms with Gasteiger partial charge in [-0.05, 0) is 44.5 Å². The Balaban J connectivity index is 1.91. The first-order chi connectivity index (χ1) is 9.81. The van der Waals surface area contributed by atoms with Crippen molar-refractivity contribution in [3.8, 4) is 0 Å². The molecule has 1 amide bonds. The monoisotopic (exact) mass is 362 g/mol. The zero-order valence-corrected chi connectivity index (χ0v) is 14.8. The topological polar surface area (TPSA) is 23.6 Å². The third-order valence-electron chi connectivity index (χ3n) is 4.20. The maximum Gasteiger partial charge on any atom is 0.222 e. The van der Waals surface area contributed by atoms with Crippen LogP contribution in [0.5, 0.6) is 0 Å². The number of alkyl halides is 1. The minimum Gasteiger partial charge on any atom is -0.338 e. The predicted octanol–water partition coefficient (Wildman–Crippen LogP) is 2.98. The summed E-state index contributed by atoms with van der Waals surface area (Å²) in [6, 6.07) is 0.434. The molecule has 2 saturated heterocycles. The van der Waals surface area contributed by atoms with E-state index in [1.54, 1.807) is 0 Å². The predicted molar refractivity (Wildman–Crippen MR) is 90.8 cm³/mol. The quantitative estimate of drug-likeness (QED) is 0.702. The van der Waals surface area contributed by atoms with Gasteiger partial charge < -0.3 is 9.80 Å². The van der Waals surface area contributed by atoms with Gasteiger partial charge in [0, 0.05) is 30.6 Å². The summed E-state index contributed by atoms with van der Waals surface area (Å²) < 4.78 is 0. The van der Waals surface area contributed by atoms with Gasteiger partial charge in [0.15, 0.2) is 0 Å². The van der Waals surface area contributed by atoms with Gasteiger partial charge in [-0.15, -0.1) is 0 Å². The minimum absolute atomic E-state index is 0.369. The summed E-state index contributed by atoms with van der Waals surface area (Å²) in [6.07, 6.45) is 6.85. The van der Waals surface area contributed by atoms with Gasteiger partial charge in [0.05, 0.1) is 6.04 Å². The van der Waals surface area contributed by atoms with Crippen molar-refractivity contribution in [2.24, 2.45) is 0 Å². The Labute approximate surface area is 136 Å². The molecule has 0 N–H and O–H groups in total. The number of thioether (sulfide) groups is 1. The molecule has 0 aromatic heterocycles. The highest BCUT2D eigenvalue weighted by molar-refractivity contribution is 9.09. The molecule has 3 nitrogen and oxygen atoms in total. The van der Waals surface area contributed by atoms with Gasteiger partial charge in [-0.1, -0.05) is 22.4 Å². The Morgan fingerprint density at radius 3 is 2.70 bits per heavy atom. The number of piperidine rings is 1. The average Bonchev–Trinajstić information content (AvgIpc) is 2.71. The number of rotatable bonds is 5. The number of hydrogen-bond donors (Lipinski definition) is 0. The summed E-state index contributed by atoms with van der Waals surface area (Å²) in [4.78, 5) is 17.2. The molecule has 0 aromatic carbocycles. The SMILES string of the molecule is O=C(CCCBr)N1CCCSCC1CN1CCCCC1. The highest BCUT2D eigenvalue weighted by atomic mass is 79.9. The van der Waals surface area contributed by atoms with Crippen molar-refractivity contribution < 1.29 is 4.79 Å². The van der Waals surface area contributed by atoms with Crippen LogP contribution in [-0.4, -0.2) is 64.8 Å². The van der Waals surface area contributed by atoms with E-state index in [4.69, 9.17) is 0 Å². The highest BCUT2D eigenvalue weighted by Crippen LogP contribution is 2.20. The second kappa shape index (κ2) is 9.31. The standard InChI is InChI=1S/C15H27BrN2OS/c16-7-4-6-15(19)18-10-5-11-20-13-14(18)12-17-8-2-1-3-9-17/h14H,1-13H2. The molecule has 2 aliphatic heterocycles. The van der Waals surface area contributed by atoms with Gasteiger partial charge in [0.1, 0.15) is 0 Å². The van der Waals surface area contributed by atoms with Gasteiger partial charge >= 0.3 is 0 Å². The van der Waals surface area contributed by atoms with Crippen LogP contribution in [0.4, 0.5) is 0 Å². The summed E-state index contributed by atoms with van der Waals surface area (Å²) in [6.45, 7) is 4.51. The number of likely N-dealkylation sites (tertiary alicyclic amines) is 1. The lowest BCUT2D eigenvalue weighted by Crippen LogP contribution is -2.49. The largest absolute Gasteiger partial charge is 0.338 e. The van der Waals surface area contributed by atoms with Gasteiger partial charge in [-0.25, -0.2) is 0 Å². The highest BCUT2D eigenvalue weighted by Gasteiger charge is 2.27. The lowest BCUT2D eigenvalue weighted by molar-refractivity contribution is -0.133. The van der Waals surface area contributed by atoms with E-state index in [0.717, 1.165) is 37.0 Å². The van der Waals surface area contributed by atoms with Crippen LogP contribution in [0.1, 0.15) is 38.5 Å². The molecule has 0 bridgehead atoms. The van der Waals surface area contributed by atoms with Gasteiger partial charge in [0.2, 0.25) is 5.91 Å². The number of halogens is 1. The molecular formula is C15H27BrN2OS. The zero-order valence-electron chi connectivity index (χ0n) is 12.4. The van der Waals surface area contributed by atoms with Crippen LogP contribution >= 0.6 is 27.7 Å². The molecule has 1 atom stereocenters. The first kappa shape index (κ1) is 16.6. The number of hydrogen-bond acceptors (Lipinski definition) is 3. The fourth-order valence-corrected chi connectivity index (χ4v) is 4.45. The van der Waals surface area contributed by atoms with E-state index >= 15 is 0 Å². The number of nitrogens with zero attached hydrogens (tertiary/aromatic N) is 2. The normalized spacial score (nSPS) is 25.4. The molecule has 0 aliphatic carbocycles. The van der Waals surface area contributed by atoms with E-state index in [9.17, 15) is 4.79 Å². The molecule has 0 radical (unpaired) electrons. The van der Waals surface area contributed by atoms with Gasteiger partial charge in [0.25, 0.3) is 0 Å². The number of carbonyl (C=O) groups excluding carboxylic acids is 1. The van der Waals surface area contributed by atoms with Crippen LogP contribution in [0.2, 0.25) is 0 Å². The second-order valence-electron chi connectivity index (χ2n) is 5.82. The Hall–Kier alpha value is 0.260. The molecule has 5 heteroatoms. The minimum atomic E-state index is 0.369. The van der Waals surface area contributed by atoms with E-state index in [0.29, 0.717) is 18.4 Å². The van der Waals surface area contributed by atoms with Crippen molar-refractivity contribution in [3.63, 3.8) is 0 Å². The lowest BCUT2D eigenvalue weighted by atomic mass is 10.1. The number of carbonyl (C=O) groups is 1. The van der Waals surface area contributed by atoms with E-state index < -0.39 is 0 Å². The van der Waals surface area contributed by atoms with E-state index in [1.807, 2.05) is 11.8 Å². The Kier molecular flexibility index (Phi) is 7.74. The lowest BCUT2D eigenvalue weighted by Gasteiger charge is -2.35. The maximum absolute atomic E-state index is 12.4. The molecule has 2 aliphatic rings. The summed E-state index contributed by atoms with van der Waals surface area (Å²) in [5.74, 6) is 2.70. The molecule has 2 fully saturated rings. The Morgan fingerprint density at radius 2 is 1.95 bits per heavy atom. The van der Waals surface area contributed by atoms with E-state index in [1.165, 1.54) is 38.1 Å². The van der Waals surface area contributed by atoms with Crippen molar-refractivity contribution in [1.82, 2.24) is 9.80 Å². The zero-order chi connectivity index (χ0) is 14.2. The molecule has 20 heavy (non-hydrogen) atoms. The molecule has 0 spiro atoms. The molecule has 0 aromatic rings. The first-order valence-electron chi connectivity index (χ1n) is 7.97. The van der Waals surface area contributed by atoms with Crippen LogP contribution < -0.4 is 0 Å². The van der Waals surface area contributed by atoms with E-state index in [2.05, 4.69) is 25.7 Å². The average molecular weight is 363 g/mol. The van der Waals surface area contributed by atoms with E-state index in [-0.39, 0.29) is 0 Å². The number of amides is 1. The maximum atomic E-state index is 12.4. The summed E-state index contributed by atoms with van der Waals surface area (Å²) >= 11 is 5.46. The molecule has 0 saturated carbocycles. The summed E-state index contributed by atoms with van der Waals surface area (Å²) in [5, 5.41) is 0.929. The third-order valence-corrected chi connectivity index (χ3v) is 5.96. The van der Waals surface area contributed by atoms with Gasteiger partial charge in [-0.2, -0.15) is 11.8 Å². The fraction of sp³-hybridized carbons (Fsp3) is 0.933. The molecule has 1 unspecified atom stereocenters. The smallest absolute Gasteiger partial charge is 0.222 e. The first-order valence-corrected chi connectivity index (χ1v) is 10.2. The Morgan fingerprint density at radius 1 is 1.15 bits per heavy atom. The fourth-order valence-electron chi connectivity index (χ4n) is 3.11. The van der Waals surface area contributed by atoms with Crippen molar-refractivity contribution in [2.75, 3.05) is 43.0 Å². The summed E-state index contributed by atoms with van der Waals surface area (Å²) in [5.41, 5.74) is 0. The molecule has 116 valence electrons. The van der Waals surface area contributed by atoms with Gasteiger partial charge in [-0.3, -0.25) is 4.79 Å². The summed E-state index contributed by atoms with van der Waals surface area (Å²) in [7, 11) is 0. The second-order valence-corrected chi connectivity index (χ2v) is 7.77. The van der Waals surface area contributed by atoms with Crippen LogP contribution in [0.3, 0.4) is 0 Å². The van der Waals surface area contributed by atoms with Crippen LogP contribution in [0.15, 0.2) is 0 Å².